The van der Waals surface area contributed by atoms with E-state index in [9.17, 15) is 4.79 Å². The van der Waals surface area contributed by atoms with Gasteiger partial charge in [0, 0.05) is 0 Å². The first kappa shape index (κ1) is 15.4. The van der Waals surface area contributed by atoms with E-state index in [1.807, 2.05) is 37.3 Å². The van der Waals surface area contributed by atoms with Crippen molar-refractivity contribution in [1.29, 1.82) is 0 Å². The zero-order valence-electron chi connectivity index (χ0n) is 12.7. The number of benzene rings is 1. The summed E-state index contributed by atoms with van der Waals surface area (Å²) in [7, 11) is 0. The summed E-state index contributed by atoms with van der Waals surface area (Å²) in [4.78, 5) is 16.2. The fraction of sp³-hybridized carbons (Fsp3) is 0.500. The Kier molecular flexibility index (Phi) is 5.20. The molecule has 1 N–H and O–H groups in total. The molecular formula is C16H22N2O3. The fourth-order valence-corrected chi connectivity index (χ4v) is 1.99. The van der Waals surface area contributed by atoms with Gasteiger partial charge in [-0.1, -0.05) is 44.2 Å². The molecule has 0 spiro atoms. The Hall–Kier alpha value is -2.04. The Morgan fingerprint density at radius 3 is 2.71 bits per heavy atom. The van der Waals surface area contributed by atoms with E-state index in [-0.39, 0.29) is 18.7 Å². The normalized spacial score (nSPS) is 18.9. The highest BCUT2D eigenvalue weighted by Gasteiger charge is 2.26. The third kappa shape index (κ3) is 4.48. The first-order valence-electron chi connectivity index (χ1n) is 7.24. The maximum Gasteiger partial charge on any atom is 0.408 e. The Labute approximate surface area is 125 Å². The van der Waals surface area contributed by atoms with E-state index in [1.165, 1.54) is 0 Å². The number of ether oxygens (including phenoxy) is 2. The molecular weight excluding hydrogens is 268 g/mol. The van der Waals surface area contributed by atoms with Gasteiger partial charge in [-0.05, 0) is 18.4 Å². The summed E-state index contributed by atoms with van der Waals surface area (Å²) >= 11 is 0. The van der Waals surface area contributed by atoms with Crippen LogP contribution in [0.3, 0.4) is 0 Å². The van der Waals surface area contributed by atoms with Gasteiger partial charge in [-0.3, -0.25) is 0 Å². The van der Waals surface area contributed by atoms with Crippen molar-refractivity contribution in [2.24, 2.45) is 10.9 Å². The van der Waals surface area contributed by atoms with E-state index in [4.69, 9.17) is 9.47 Å². The number of hydrogen-bond donors (Lipinski definition) is 1. The van der Waals surface area contributed by atoms with Crippen LogP contribution in [0.4, 0.5) is 4.79 Å². The highest BCUT2D eigenvalue weighted by molar-refractivity contribution is 5.86. The fourth-order valence-electron chi connectivity index (χ4n) is 1.99. The highest BCUT2D eigenvalue weighted by Crippen LogP contribution is 2.15. The molecule has 0 unspecified atom stereocenters. The van der Waals surface area contributed by atoms with Crippen LogP contribution in [0.2, 0.25) is 0 Å². The van der Waals surface area contributed by atoms with E-state index >= 15 is 0 Å². The summed E-state index contributed by atoms with van der Waals surface area (Å²) < 4.78 is 10.7. The second kappa shape index (κ2) is 7.11. The standard InChI is InChI=1S/C16H22N2O3/c1-11(2)14-10-20-15(18-14)12(3)17-16(19)21-9-13-7-5-4-6-8-13/h4-8,11-12,14H,9-10H2,1-3H3,(H,17,19)/t12-,14+/m0/s1. The number of nitrogens with one attached hydrogen (secondary N) is 1. The van der Waals surface area contributed by atoms with Crippen LogP contribution >= 0.6 is 0 Å². The smallest absolute Gasteiger partial charge is 0.408 e. The van der Waals surface area contributed by atoms with Crippen LogP contribution < -0.4 is 5.32 Å². The molecule has 114 valence electrons. The van der Waals surface area contributed by atoms with Crippen LogP contribution in [0.25, 0.3) is 0 Å². The maximum absolute atomic E-state index is 11.8. The Morgan fingerprint density at radius 2 is 2.10 bits per heavy atom. The molecule has 1 aromatic carbocycles. The summed E-state index contributed by atoms with van der Waals surface area (Å²) in [5.74, 6) is 1.00. The van der Waals surface area contributed by atoms with Gasteiger partial charge in [0.25, 0.3) is 0 Å². The van der Waals surface area contributed by atoms with Gasteiger partial charge in [-0.25, -0.2) is 9.79 Å². The lowest BCUT2D eigenvalue weighted by molar-refractivity contribution is 0.137. The lowest BCUT2D eigenvalue weighted by atomic mass is 10.1. The number of amides is 1. The molecule has 0 saturated carbocycles. The Bertz CT molecular complexity index is 500. The van der Waals surface area contributed by atoms with Crippen LogP contribution in [0, 0.1) is 5.92 Å². The lowest BCUT2D eigenvalue weighted by Crippen LogP contribution is -2.38. The molecule has 0 fully saturated rings. The molecule has 1 aromatic rings. The molecule has 0 aromatic heterocycles. The van der Waals surface area contributed by atoms with Crippen molar-refractivity contribution in [3.63, 3.8) is 0 Å². The second-order valence-corrected chi connectivity index (χ2v) is 5.52. The SMILES string of the molecule is CC(C)[C@H]1COC([C@H](C)NC(=O)OCc2ccccc2)=N1. The molecule has 0 saturated heterocycles. The first-order valence-corrected chi connectivity index (χ1v) is 7.24. The monoisotopic (exact) mass is 290 g/mol. The molecule has 5 nitrogen and oxygen atoms in total. The van der Waals surface area contributed by atoms with Gasteiger partial charge in [0.1, 0.15) is 19.3 Å². The molecule has 0 bridgehead atoms. The third-order valence-electron chi connectivity index (χ3n) is 3.38. The Balaban J connectivity index is 1.79. The summed E-state index contributed by atoms with van der Waals surface area (Å²) in [6.07, 6.45) is -0.467. The van der Waals surface area contributed by atoms with E-state index in [0.717, 1.165) is 5.56 Å². The second-order valence-electron chi connectivity index (χ2n) is 5.52. The van der Waals surface area contributed by atoms with Crippen LogP contribution in [0.5, 0.6) is 0 Å². The van der Waals surface area contributed by atoms with Crippen LogP contribution in [0.1, 0.15) is 26.3 Å². The van der Waals surface area contributed by atoms with Crippen molar-refractivity contribution < 1.29 is 14.3 Å². The number of aliphatic imine (C=N–C) groups is 1. The Morgan fingerprint density at radius 1 is 1.38 bits per heavy atom. The van der Waals surface area contributed by atoms with Crippen molar-refractivity contribution in [2.75, 3.05) is 6.61 Å². The largest absolute Gasteiger partial charge is 0.477 e. The quantitative estimate of drug-likeness (QED) is 0.907. The summed E-state index contributed by atoms with van der Waals surface area (Å²) in [6, 6.07) is 9.45. The van der Waals surface area contributed by atoms with Gasteiger partial charge >= 0.3 is 6.09 Å². The maximum atomic E-state index is 11.8. The van der Waals surface area contributed by atoms with Crippen LogP contribution in [-0.4, -0.2) is 30.7 Å². The van der Waals surface area contributed by atoms with E-state index in [2.05, 4.69) is 24.2 Å². The van der Waals surface area contributed by atoms with Gasteiger partial charge in [-0.15, -0.1) is 0 Å². The van der Waals surface area contributed by atoms with Gasteiger partial charge in [-0.2, -0.15) is 0 Å². The van der Waals surface area contributed by atoms with Gasteiger partial charge in [0.15, 0.2) is 0 Å². The average molecular weight is 290 g/mol. The molecule has 2 rings (SSSR count). The van der Waals surface area contributed by atoms with Gasteiger partial charge in [0.05, 0.1) is 6.04 Å². The molecule has 1 aliphatic rings. The molecule has 1 amide bonds. The van der Waals surface area contributed by atoms with Gasteiger partial charge < -0.3 is 14.8 Å². The van der Waals surface area contributed by atoms with Crippen molar-refractivity contribution >= 4 is 12.0 Å². The molecule has 0 aliphatic carbocycles. The van der Waals surface area contributed by atoms with Gasteiger partial charge in [0.2, 0.25) is 5.90 Å². The number of hydrogen-bond acceptors (Lipinski definition) is 4. The minimum absolute atomic E-state index is 0.171. The van der Waals surface area contributed by atoms with Crippen LogP contribution in [-0.2, 0) is 16.1 Å². The van der Waals surface area contributed by atoms with E-state index in [1.54, 1.807) is 0 Å². The minimum Gasteiger partial charge on any atom is -0.477 e. The van der Waals surface area contributed by atoms with Crippen LogP contribution in [0.15, 0.2) is 35.3 Å². The van der Waals surface area contributed by atoms with Crippen molar-refractivity contribution in [2.45, 2.75) is 39.5 Å². The highest BCUT2D eigenvalue weighted by atomic mass is 16.5. The summed E-state index contributed by atoms with van der Waals surface area (Å²) in [5, 5.41) is 2.73. The van der Waals surface area contributed by atoms with Crippen molar-refractivity contribution in [3.05, 3.63) is 35.9 Å². The summed E-state index contributed by atoms with van der Waals surface area (Å²) in [5.41, 5.74) is 0.953. The summed E-state index contributed by atoms with van der Waals surface area (Å²) in [6.45, 7) is 6.88. The molecule has 1 aliphatic heterocycles. The predicted octanol–water partition coefficient (Wildman–Crippen LogP) is 2.75. The number of nitrogens with zero attached hydrogens (tertiary/aromatic N) is 1. The topological polar surface area (TPSA) is 59.9 Å². The molecule has 1 heterocycles. The number of rotatable bonds is 5. The number of alkyl carbamates (subject to hydrolysis) is 1. The van der Waals surface area contributed by atoms with E-state index in [0.29, 0.717) is 18.4 Å². The number of carbonyl (C=O) groups excluding carboxylic acids is 1. The molecule has 0 radical (unpaired) electrons. The third-order valence-corrected chi connectivity index (χ3v) is 3.38. The molecule has 2 atom stereocenters. The zero-order valence-corrected chi connectivity index (χ0v) is 12.7. The van der Waals surface area contributed by atoms with Crippen molar-refractivity contribution in [3.8, 4) is 0 Å². The predicted molar refractivity (Wildman–Crippen MR) is 81.2 cm³/mol. The molecule has 5 heteroatoms. The first-order chi connectivity index (χ1) is 10.1. The zero-order chi connectivity index (χ0) is 15.2. The van der Waals surface area contributed by atoms with Crippen molar-refractivity contribution in [1.82, 2.24) is 5.32 Å². The van der Waals surface area contributed by atoms with E-state index < -0.39 is 6.09 Å². The molecule has 21 heavy (non-hydrogen) atoms. The minimum atomic E-state index is -0.467. The lowest BCUT2D eigenvalue weighted by Gasteiger charge is -2.13. The number of carbonyl (C=O) groups is 1. The average Bonchev–Trinajstić information content (AvgIpc) is 2.96.